The van der Waals surface area contributed by atoms with Crippen LogP contribution in [0.4, 0.5) is 0 Å². The average Bonchev–Trinajstić information content (AvgIpc) is 3.40. The van der Waals surface area contributed by atoms with E-state index in [1.54, 1.807) is 15.9 Å². The van der Waals surface area contributed by atoms with E-state index in [-0.39, 0.29) is 0 Å². The fraction of sp³-hybridized carbons (Fsp3) is 0.250. The summed E-state index contributed by atoms with van der Waals surface area (Å²) in [7, 11) is -3.90. The van der Waals surface area contributed by atoms with Gasteiger partial charge in [-0.1, -0.05) is 97.5 Å². The summed E-state index contributed by atoms with van der Waals surface area (Å²) >= 11 is 0. The second kappa shape index (κ2) is 8.07. The molecule has 3 heteroatoms. The molecule has 0 heterocycles. The van der Waals surface area contributed by atoms with Crippen molar-refractivity contribution in [3.8, 4) is 28.0 Å². The molecule has 1 nitrogen and oxygen atoms in total. The molecular weight excluding hydrogens is 457 g/mol. The van der Waals surface area contributed by atoms with Gasteiger partial charge in [0.1, 0.15) is 13.8 Å². The Kier molecular flexibility index (Phi) is 5.21. The number of fused-ring (bicyclic) bond motifs is 6. The third kappa shape index (κ3) is 3.56. The molecule has 2 aliphatic carbocycles. The molecule has 176 valence electrons. The van der Waals surface area contributed by atoms with Crippen molar-refractivity contribution in [1.82, 2.24) is 0 Å². The highest BCUT2D eigenvalue weighted by Crippen LogP contribution is 2.41. The molecule has 0 spiro atoms. The van der Waals surface area contributed by atoms with Crippen LogP contribution >= 0.6 is 0 Å². The summed E-state index contributed by atoms with van der Waals surface area (Å²) in [5.41, 5.74) is 11.7. The summed E-state index contributed by atoms with van der Waals surface area (Å²) in [4.78, 5) is 0. The van der Waals surface area contributed by atoms with Crippen LogP contribution in [0.5, 0.6) is 5.75 Å². The van der Waals surface area contributed by atoms with Gasteiger partial charge in [0, 0.05) is 0 Å². The first-order chi connectivity index (χ1) is 16.8. The molecule has 4 aromatic rings. The highest BCUT2D eigenvalue weighted by molar-refractivity contribution is 7.02. The summed E-state index contributed by atoms with van der Waals surface area (Å²) in [6.45, 7) is 11.9. The predicted octanol–water partition coefficient (Wildman–Crippen LogP) is 7.26. The lowest BCUT2D eigenvalue weighted by molar-refractivity contribution is 0.561. The molecule has 35 heavy (non-hydrogen) atoms. The summed E-state index contributed by atoms with van der Waals surface area (Å²) in [6.07, 6.45) is 2.06. The Morgan fingerprint density at radius 1 is 0.629 bits per heavy atom. The van der Waals surface area contributed by atoms with Crippen LogP contribution in [0.1, 0.15) is 29.2 Å². The van der Waals surface area contributed by atoms with E-state index >= 15 is 0 Å². The molecule has 1 atom stereocenters. The van der Waals surface area contributed by atoms with Gasteiger partial charge in [0.05, 0.1) is 0 Å². The second-order valence-electron chi connectivity index (χ2n) is 11.4. The van der Waals surface area contributed by atoms with Crippen molar-refractivity contribution in [2.24, 2.45) is 0 Å². The lowest BCUT2D eigenvalue weighted by Crippen LogP contribution is -2.58. The maximum Gasteiger partial charge on any atom is 0.242 e. The van der Waals surface area contributed by atoms with E-state index in [0.717, 1.165) is 24.6 Å². The second-order valence-corrected chi connectivity index (χ2v) is 20.2. The zero-order valence-electron chi connectivity index (χ0n) is 21.5. The predicted molar refractivity (Wildman–Crippen MR) is 155 cm³/mol. The van der Waals surface area contributed by atoms with Crippen LogP contribution in [0.25, 0.3) is 22.3 Å². The first-order valence-electron chi connectivity index (χ1n) is 12.9. The van der Waals surface area contributed by atoms with Gasteiger partial charge in [0.2, 0.25) is 8.32 Å². The molecule has 0 fully saturated rings. The van der Waals surface area contributed by atoms with Gasteiger partial charge in [-0.15, -0.1) is 0 Å². The van der Waals surface area contributed by atoms with Crippen LogP contribution in [0.3, 0.4) is 0 Å². The first-order valence-corrected chi connectivity index (χ1v) is 19.1. The third-order valence-corrected chi connectivity index (χ3v) is 13.6. The van der Waals surface area contributed by atoms with Crippen molar-refractivity contribution >= 4 is 26.8 Å². The summed E-state index contributed by atoms with van der Waals surface area (Å²) in [6, 6.07) is 30.8. The van der Waals surface area contributed by atoms with Crippen molar-refractivity contribution in [3.63, 3.8) is 0 Å². The minimum atomic E-state index is -2.11. The minimum absolute atomic E-state index is 1.02. The van der Waals surface area contributed by atoms with E-state index in [2.05, 4.69) is 112 Å². The number of hydrogen-bond acceptors (Lipinski definition) is 1. The van der Waals surface area contributed by atoms with Crippen molar-refractivity contribution < 1.29 is 4.43 Å². The minimum Gasteiger partial charge on any atom is -0.544 e. The zero-order chi connectivity index (χ0) is 24.4. The monoisotopic (exact) mass is 490 g/mol. The van der Waals surface area contributed by atoms with Crippen LogP contribution in [-0.2, 0) is 12.8 Å². The SMILES string of the molecule is CC[Si](C)(c1cccc2c1Cc1ccccc1-2)c1c(O[Si](C)(C)C)ccc2c1Cc1ccccc1-2. The molecule has 0 bridgehead atoms. The van der Waals surface area contributed by atoms with Crippen molar-refractivity contribution in [1.29, 1.82) is 0 Å². The lowest BCUT2D eigenvalue weighted by Gasteiger charge is -2.35. The topological polar surface area (TPSA) is 9.23 Å². The Hall–Kier alpha value is -2.89. The summed E-state index contributed by atoms with van der Waals surface area (Å²) in [5.74, 6) is 1.15. The van der Waals surface area contributed by atoms with Gasteiger partial charge in [0.25, 0.3) is 0 Å². The molecule has 4 aromatic carbocycles. The largest absolute Gasteiger partial charge is 0.544 e. The smallest absolute Gasteiger partial charge is 0.242 e. The van der Waals surface area contributed by atoms with Crippen LogP contribution in [0.15, 0.2) is 78.9 Å². The third-order valence-electron chi connectivity index (χ3n) is 8.07. The van der Waals surface area contributed by atoms with Crippen LogP contribution in [0, 0.1) is 0 Å². The van der Waals surface area contributed by atoms with E-state index in [1.807, 2.05) is 0 Å². The molecule has 6 rings (SSSR count). The van der Waals surface area contributed by atoms with E-state index in [9.17, 15) is 0 Å². The van der Waals surface area contributed by atoms with Gasteiger partial charge in [-0.05, 0) is 88.2 Å². The van der Waals surface area contributed by atoms with Gasteiger partial charge < -0.3 is 4.43 Å². The molecule has 0 radical (unpaired) electrons. The fourth-order valence-corrected chi connectivity index (χ4v) is 11.2. The Morgan fingerprint density at radius 2 is 1.20 bits per heavy atom. The molecule has 0 saturated carbocycles. The molecule has 0 aliphatic heterocycles. The Labute approximate surface area is 212 Å². The molecule has 0 aromatic heterocycles. The Balaban J connectivity index is 1.60. The quantitative estimate of drug-likeness (QED) is 0.231. The fourth-order valence-electron chi connectivity index (χ4n) is 6.39. The lowest BCUT2D eigenvalue weighted by atomic mass is 10.1. The number of rotatable bonds is 5. The van der Waals surface area contributed by atoms with E-state index in [1.165, 1.54) is 38.9 Å². The van der Waals surface area contributed by atoms with E-state index in [4.69, 9.17) is 4.43 Å². The standard InChI is InChI=1S/C32H34OSi2/c1-6-35(5,31-17-11-16-26-24-14-9-7-12-22(24)20-28(26)31)32-29-21-23-13-8-10-15-25(23)27(29)18-19-30(32)33-34(2,3)4/h7-19H,6,20-21H2,1-5H3. The van der Waals surface area contributed by atoms with Gasteiger partial charge in [-0.2, -0.15) is 0 Å². The molecule has 0 amide bonds. The first kappa shape index (κ1) is 22.6. The Bertz CT molecular complexity index is 1460. The van der Waals surface area contributed by atoms with Crippen LogP contribution in [-0.4, -0.2) is 16.4 Å². The normalized spacial score (nSPS) is 15.1. The van der Waals surface area contributed by atoms with Crippen LogP contribution in [0.2, 0.25) is 32.2 Å². The maximum absolute atomic E-state index is 6.88. The van der Waals surface area contributed by atoms with Crippen molar-refractivity contribution in [2.45, 2.75) is 52.0 Å². The number of hydrogen-bond donors (Lipinski definition) is 0. The van der Waals surface area contributed by atoms with E-state index in [0.29, 0.717) is 0 Å². The van der Waals surface area contributed by atoms with Crippen molar-refractivity contribution in [2.75, 3.05) is 0 Å². The molecule has 0 N–H and O–H groups in total. The van der Waals surface area contributed by atoms with Crippen molar-refractivity contribution in [3.05, 3.63) is 101 Å². The molecule has 1 unspecified atom stereocenters. The van der Waals surface area contributed by atoms with Gasteiger partial charge in [0.15, 0.2) is 0 Å². The molecule has 2 aliphatic rings. The van der Waals surface area contributed by atoms with Gasteiger partial charge >= 0.3 is 0 Å². The molecular formula is C32H34OSi2. The number of benzene rings is 4. The summed E-state index contributed by atoms with van der Waals surface area (Å²) < 4.78 is 6.88. The van der Waals surface area contributed by atoms with E-state index < -0.39 is 16.4 Å². The van der Waals surface area contributed by atoms with Gasteiger partial charge in [-0.3, -0.25) is 0 Å². The highest BCUT2D eigenvalue weighted by Gasteiger charge is 2.41. The molecule has 0 saturated heterocycles. The zero-order valence-corrected chi connectivity index (χ0v) is 23.5. The summed E-state index contributed by atoms with van der Waals surface area (Å²) in [5, 5.41) is 3.14. The Morgan fingerprint density at radius 3 is 1.83 bits per heavy atom. The highest BCUT2D eigenvalue weighted by atomic mass is 28.4. The average molecular weight is 491 g/mol. The van der Waals surface area contributed by atoms with Gasteiger partial charge in [-0.25, -0.2) is 0 Å². The maximum atomic E-state index is 6.88. The van der Waals surface area contributed by atoms with Crippen LogP contribution < -0.4 is 14.8 Å².